The summed E-state index contributed by atoms with van der Waals surface area (Å²) in [5, 5.41) is 8.62. The third kappa shape index (κ3) is 6.74. The summed E-state index contributed by atoms with van der Waals surface area (Å²) in [5.74, 6) is 0.0740. The van der Waals surface area contributed by atoms with E-state index in [0.717, 1.165) is 30.4 Å². The number of hydroxylamine groups is 1. The number of allylic oxidation sites excluding steroid dienone is 3. The van der Waals surface area contributed by atoms with Gasteiger partial charge in [0.1, 0.15) is 11.9 Å². The van der Waals surface area contributed by atoms with Crippen molar-refractivity contribution in [2.24, 2.45) is 0 Å². The van der Waals surface area contributed by atoms with Crippen LogP contribution in [0, 0.1) is 0 Å². The van der Waals surface area contributed by atoms with E-state index in [1.807, 2.05) is 61.2 Å². The van der Waals surface area contributed by atoms with Crippen molar-refractivity contribution in [2.45, 2.75) is 39.2 Å². The number of benzene rings is 1. The van der Waals surface area contributed by atoms with E-state index in [2.05, 4.69) is 6.58 Å². The van der Waals surface area contributed by atoms with Gasteiger partial charge in [-0.15, -0.1) is 0 Å². The summed E-state index contributed by atoms with van der Waals surface area (Å²) in [6.45, 7) is 9.11. The molecule has 30 heavy (non-hydrogen) atoms. The van der Waals surface area contributed by atoms with Gasteiger partial charge in [-0.25, -0.2) is 5.48 Å². The Balaban J connectivity index is 2.00. The maximum Gasteiger partial charge on any atom is 0.267 e. The third-order valence-corrected chi connectivity index (χ3v) is 4.87. The largest absolute Gasteiger partial charge is 0.490 e. The van der Waals surface area contributed by atoms with E-state index in [4.69, 9.17) is 9.94 Å². The first-order valence-corrected chi connectivity index (χ1v) is 10.2. The lowest BCUT2D eigenvalue weighted by Gasteiger charge is -2.32. The number of carbonyl (C=O) groups excluding carboxylic acids is 2. The van der Waals surface area contributed by atoms with Gasteiger partial charge in [-0.2, -0.15) is 0 Å². The predicted octanol–water partition coefficient (Wildman–Crippen LogP) is 4.04. The van der Waals surface area contributed by atoms with Gasteiger partial charge < -0.3 is 9.64 Å². The highest BCUT2D eigenvalue weighted by Gasteiger charge is 2.25. The fraction of sp³-hybridized carbons (Fsp3) is 0.333. The second-order valence-corrected chi connectivity index (χ2v) is 7.07. The number of carbonyl (C=O) groups is 2. The fourth-order valence-corrected chi connectivity index (χ4v) is 3.15. The second kappa shape index (κ2) is 11.8. The van der Waals surface area contributed by atoms with Gasteiger partial charge in [0, 0.05) is 43.1 Å². The molecule has 6 heteroatoms. The molecular weight excluding hydrogens is 380 g/mol. The average molecular weight is 411 g/mol. The number of para-hydroxylation sites is 1. The standard InChI is InChI=1S/C24H30N2O4/c1-4-8-20(17-18(3)5-2)24(28)26-15-13-21(14-16-26)30-22-10-7-6-9-19(22)11-12-23(27)25-29/h4,6-12,17,21,29H,3,5,13-16H2,1-2H3,(H,25,27). The molecule has 0 aliphatic carbocycles. The summed E-state index contributed by atoms with van der Waals surface area (Å²) in [4.78, 5) is 26.0. The molecule has 2 N–H and O–H groups in total. The molecule has 0 unspecified atom stereocenters. The summed E-state index contributed by atoms with van der Waals surface area (Å²) in [6.07, 6.45) is 10.6. The van der Waals surface area contributed by atoms with Crippen molar-refractivity contribution < 1.29 is 19.5 Å². The van der Waals surface area contributed by atoms with Gasteiger partial charge in [0.15, 0.2) is 0 Å². The molecule has 1 heterocycles. The van der Waals surface area contributed by atoms with Gasteiger partial charge in [0.2, 0.25) is 0 Å². The Kier molecular flexibility index (Phi) is 9.09. The molecule has 1 aliphatic rings. The molecule has 1 fully saturated rings. The van der Waals surface area contributed by atoms with Crippen LogP contribution in [0.25, 0.3) is 6.08 Å². The van der Waals surface area contributed by atoms with Crippen molar-refractivity contribution >= 4 is 17.9 Å². The monoisotopic (exact) mass is 410 g/mol. The van der Waals surface area contributed by atoms with Crippen molar-refractivity contribution in [1.29, 1.82) is 0 Å². The zero-order chi connectivity index (χ0) is 21.9. The smallest absolute Gasteiger partial charge is 0.267 e. The Hall–Kier alpha value is -3.12. The van der Waals surface area contributed by atoms with Crippen LogP contribution >= 0.6 is 0 Å². The molecular formula is C24H30N2O4. The molecule has 2 rings (SSSR count). The Morgan fingerprint density at radius 3 is 2.60 bits per heavy atom. The predicted molar refractivity (Wildman–Crippen MR) is 118 cm³/mol. The highest BCUT2D eigenvalue weighted by molar-refractivity contribution is 5.96. The normalized spacial score (nSPS) is 15.6. The van der Waals surface area contributed by atoms with Gasteiger partial charge in [0.25, 0.3) is 11.8 Å². The number of nitrogens with zero attached hydrogens (tertiary/aromatic N) is 1. The molecule has 0 bridgehead atoms. The van der Waals surface area contributed by atoms with E-state index < -0.39 is 5.91 Å². The lowest BCUT2D eigenvalue weighted by atomic mass is 10.0. The minimum Gasteiger partial charge on any atom is -0.490 e. The van der Waals surface area contributed by atoms with Crippen molar-refractivity contribution in [1.82, 2.24) is 10.4 Å². The SMILES string of the molecule is C=C(C=C(C=CC)C(=O)N1CCC(Oc2ccccc2C=CC(=O)NO)CC1)CC. The van der Waals surface area contributed by atoms with Gasteiger partial charge in [0.05, 0.1) is 0 Å². The van der Waals surface area contributed by atoms with Gasteiger partial charge in [-0.1, -0.05) is 49.4 Å². The Bertz CT molecular complexity index is 847. The van der Waals surface area contributed by atoms with E-state index in [1.54, 1.807) is 11.6 Å². The fourth-order valence-electron chi connectivity index (χ4n) is 3.15. The van der Waals surface area contributed by atoms with Crippen LogP contribution in [0.3, 0.4) is 0 Å². The van der Waals surface area contributed by atoms with Crippen LogP contribution in [0.4, 0.5) is 0 Å². The minimum absolute atomic E-state index is 0.0134. The summed E-state index contributed by atoms with van der Waals surface area (Å²) in [7, 11) is 0. The number of rotatable bonds is 8. The molecule has 0 saturated carbocycles. The highest BCUT2D eigenvalue weighted by atomic mass is 16.5. The number of ether oxygens (including phenoxy) is 1. The molecule has 0 radical (unpaired) electrons. The van der Waals surface area contributed by atoms with Crippen molar-refractivity contribution in [2.75, 3.05) is 13.1 Å². The van der Waals surface area contributed by atoms with Crippen molar-refractivity contribution in [3.8, 4) is 5.75 Å². The first kappa shape index (κ1) is 23.2. The zero-order valence-corrected chi connectivity index (χ0v) is 17.6. The van der Waals surface area contributed by atoms with Crippen molar-refractivity contribution in [3.63, 3.8) is 0 Å². The number of likely N-dealkylation sites (tertiary alicyclic amines) is 1. The molecule has 160 valence electrons. The summed E-state index contributed by atoms with van der Waals surface area (Å²) in [6, 6.07) is 7.40. The first-order valence-electron chi connectivity index (χ1n) is 10.2. The third-order valence-electron chi connectivity index (χ3n) is 4.87. The van der Waals surface area contributed by atoms with Crippen LogP contribution in [0.1, 0.15) is 38.7 Å². The molecule has 0 aromatic heterocycles. The Morgan fingerprint density at radius 2 is 1.97 bits per heavy atom. The summed E-state index contributed by atoms with van der Waals surface area (Å²) in [5.41, 5.74) is 3.89. The Labute approximate surface area is 178 Å². The summed E-state index contributed by atoms with van der Waals surface area (Å²) < 4.78 is 6.14. The molecule has 0 spiro atoms. The molecule has 1 saturated heterocycles. The average Bonchev–Trinajstić information content (AvgIpc) is 2.77. The number of hydrogen-bond acceptors (Lipinski definition) is 4. The lowest BCUT2D eigenvalue weighted by molar-refractivity contribution is -0.128. The van der Waals surface area contributed by atoms with Crippen LogP contribution in [-0.4, -0.2) is 41.1 Å². The van der Waals surface area contributed by atoms with Gasteiger partial charge in [-0.05, 0) is 31.6 Å². The van der Waals surface area contributed by atoms with E-state index >= 15 is 0 Å². The topological polar surface area (TPSA) is 78.9 Å². The van der Waals surface area contributed by atoms with Gasteiger partial charge in [-0.3, -0.25) is 14.8 Å². The van der Waals surface area contributed by atoms with E-state index in [9.17, 15) is 9.59 Å². The van der Waals surface area contributed by atoms with E-state index in [-0.39, 0.29) is 12.0 Å². The maximum atomic E-state index is 12.9. The molecule has 2 amide bonds. The van der Waals surface area contributed by atoms with Crippen LogP contribution in [-0.2, 0) is 9.59 Å². The first-order chi connectivity index (χ1) is 14.5. The molecule has 1 aliphatic heterocycles. The van der Waals surface area contributed by atoms with Crippen LogP contribution in [0.5, 0.6) is 5.75 Å². The molecule has 1 aromatic carbocycles. The number of amides is 2. The molecule has 1 aromatic rings. The lowest BCUT2D eigenvalue weighted by Crippen LogP contribution is -2.42. The van der Waals surface area contributed by atoms with Crippen molar-refractivity contribution in [3.05, 3.63) is 71.9 Å². The van der Waals surface area contributed by atoms with E-state index in [1.165, 1.54) is 6.08 Å². The molecule has 0 atom stereocenters. The van der Waals surface area contributed by atoms with Crippen LogP contribution in [0.2, 0.25) is 0 Å². The second-order valence-electron chi connectivity index (χ2n) is 7.07. The zero-order valence-electron chi connectivity index (χ0n) is 17.6. The number of piperidine rings is 1. The molecule has 6 nitrogen and oxygen atoms in total. The highest BCUT2D eigenvalue weighted by Crippen LogP contribution is 2.25. The quantitative estimate of drug-likeness (QED) is 0.293. The summed E-state index contributed by atoms with van der Waals surface area (Å²) >= 11 is 0. The number of hydrogen-bond donors (Lipinski definition) is 2. The maximum absolute atomic E-state index is 12.9. The van der Waals surface area contributed by atoms with Crippen LogP contribution in [0.15, 0.2) is 66.3 Å². The van der Waals surface area contributed by atoms with Crippen LogP contribution < -0.4 is 10.2 Å². The van der Waals surface area contributed by atoms with E-state index in [0.29, 0.717) is 24.4 Å². The number of nitrogens with one attached hydrogen (secondary N) is 1. The minimum atomic E-state index is -0.604. The Morgan fingerprint density at radius 1 is 1.27 bits per heavy atom. The van der Waals surface area contributed by atoms with Gasteiger partial charge >= 0.3 is 0 Å².